The zero-order chi connectivity index (χ0) is 9.26. The van der Waals surface area contributed by atoms with Gasteiger partial charge in [0.2, 0.25) is 5.91 Å². The average molecular weight is 244 g/mol. The van der Waals surface area contributed by atoms with Crippen LogP contribution in [0.1, 0.15) is 12.8 Å². The Labute approximate surface area is 84.4 Å². The van der Waals surface area contributed by atoms with Gasteiger partial charge in [-0.1, -0.05) is 0 Å². The Morgan fingerprint density at radius 1 is 1.77 bits per heavy atom. The smallest absolute Gasteiger partial charge is 0.220 e. The van der Waals surface area contributed by atoms with E-state index in [-0.39, 0.29) is 11.9 Å². The molecular weight excluding hydrogens is 234 g/mol. The van der Waals surface area contributed by atoms with Crippen LogP contribution in [0.3, 0.4) is 0 Å². The van der Waals surface area contributed by atoms with E-state index in [1.54, 1.807) is 6.20 Å². The van der Waals surface area contributed by atoms with E-state index in [9.17, 15) is 4.79 Å². The van der Waals surface area contributed by atoms with E-state index in [4.69, 9.17) is 0 Å². The Bertz CT molecular complexity index is 323. The third kappa shape index (κ3) is 2.09. The van der Waals surface area contributed by atoms with Crippen LogP contribution in [0.15, 0.2) is 16.9 Å². The molecule has 1 saturated heterocycles. The van der Waals surface area contributed by atoms with E-state index in [2.05, 4.69) is 26.3 Å². The second-order valence-electron chi connectivity index (χ2n) is 3.18. The van der Waals surface area contributed by atoms with Crippen molar-refractivity contribution in [2.24, 2.45) is 0 Å². The number of nitrogens with one attached hydrogen (secondary N) is 1. The van der Waals surface area contributed by atoms with Crippen molar-refractivity contribution in [1.29, 1.82) is 0 Å². The van der Waals surface area contributed by atoms with Gasteiger partial charge in [-0.15, -0.1) is 0 Å². The molecule has 4 nitrogen and oxygen atoms in total. The highest BCUT2D eigenvalue weighted by atomic mass is 79.9. The van der Waals surface area contributed by atoms with Crippen LogP contribution in [0.25, 0.3) is 0 Å². The Morgan fingerprint density at radius 3 is 3.15 bits per heavy atom. The van der Waals surface area contributed by atoms with Gasteiger partial charge in [0, 0.05) is 18.7 Å². The summed E-state index contributed by atoms with van der Waals surface area (Å²) in [6.07, 6.45) is 5.21. The highest BCUT2D eigenvalue weighted by molar-refractivity contribution is 9.10. The molecular formula is C8H10BrN3O. The number of nitrogens with zero attached hydrogens (tertiary/aromatic N) is 2. The zero-order valence-corrected chi connectivity index (χ0v) is 8.62. The van der Waals surface area contributed by atoms with Gasteiger partial charge in [-0.3, -0.25) is 9.48 Å². The molecule has 0 bridgehead atoms. The summed E-state index contributed by atoms with van der Waals surface area (Å²) in [5.74, 6) is 0.149. The van der Waals surface area contributed by atoms with E-state index < -0.39 is 0 Å². The molecule has 0 unspecified atom stereocenters. The third-order valence-corrected chi connectivity index (χ3v) is 2.50. The molecule has 13 heavy (non-hydrogen) atoms. The van der Waals surface area contributed by atoms with Crippen LogP contribution < -0.4 is 5.32 Å². The lowest BCUT2D eigenvalue weighted by Gasteiger charge is -2.08. The minimum absolute atomic E-state index is 0.149. The van der Waals surface area contributed by atoms with Crippen LogP contribution in [0.4, 0.5) is 0 Å². The van der Waals surface area contributed by atoms with Crippen LogP contribution in [-0.2, 0) is 11.3 Å². The van der Waals surface area contributed by atoms with E-state index in [0.717, 1.165) is 17.4 Å². The average Bonchev–Trinajstić information content (AvgIpc) is 2.62. The predicted molar refractivity (Wildman–Crippen MR) is 51.1 cm³/mol. The van der Waals surface area contributed by atoms with Crippen LogP contribution in [-0.4, -0.2) is 21.7 Å². The highest BCUT2D eigenvalue weighted by Gasteiger charge is 2.20. The van der Waals surface area contributed by atoms with E-state index in [1.807, 2.05) is 10.9 Å². The molecule has 0 aromatic carbocycles. The highest BCUT2D eigenvalue weighted by Crippen LogP contribution is 2.11. The summed E-state index contributed by atoms with van der Waals surface area (Å²) in [6.45, 7) is 0.761. The first-order valence-corrected chi connectivity index (χ1v) is 5.00. The zero-order valence-electron chi connectivity index (χ0n) is 7.03. The summed E-state index contributed by atoms with van der Waals surface area (Å²) < 4.78 is 2.80. The lowest BCUT2D eigenvalue weighted by atomic mass is 10.2. The summed E-state index contributed by atoms with van der Waals surface area (Å²) in [4.78, 5) is 10.9. The topological polar surface area (TPSA) is 46.9 Å². The van der Waals surface area contributed by atoms with Crippen molar-refractivity contribution in [3.63, 3.8) is 0 Å². The first-order valence-electron chi connectivity index (χ1n) is 4.21. The molecule has 1 amide bonds. The quantitative estimate of drug-likeness (QED) is 0.840. The lowest BCUT2D eigenvalue weighted by molar-refractivity contribution is -0.119. The molecule has 1 aliphatic heterocycles. The van der Waals surface area contributed by atoms with Gasteiger partial charge in [-0.05, 0) is 22.4 Å². The summed E-state index contributed by atoms with van der Waals surface area (Å²) in [6, 6.07) is 0.249. The molecule has 2 rings (SSSR count). The van der Waals surface area contributed by atoms with Gasteiger partial charge in [-0.2, -0.15) is 5.10 Å². The largest absolute Gasteiger partial charge is 0.351 e. The Hall–Kier alpha value is -0.840. The number of aromatic nitrogens is 2. The second kappa shape index (κ2) is 3.49. The summed E-state index contributed by atoms with van der Waals surface area (Å²) in [7, 11) is 0. The van der Waals surface area contributed by atoms with Crippen molar-refractivity contribution in [3.05, 3.63) is 16.9 Å². The lowest BCUT2D eigenvalue weighted by Crippen LogP contribution is -2.29. The molecule has 0 aliphatic carbocycles. The van der Waals surface area contributed by atoms with Crippen LogP contribution in [0.5, 0.6) is 0 Å². The molecule has 1 atom stereocenters. The maximum absolute atomic E-state index is 10.9. The van der Waals surface area contributed by atoms with Crippen molar-refractivity contribution in [2.75, 3.05) is 0 Å². The van der Waals surface area contributed by atoms with Gasteiger partial charge >= 0.3 is 0 Å². The van der Waals surface area contributed by atoms with Gasteiger partial charge in [-0.25, -0.2) is 0 Å². The molecule has 70 valence electrons. The molecule has 1 aliphatic rings. The third-order valence-electron chi connectivity index (χ3n) is 2.09. The van der Waals surface area contributed by atoms with Crippen molar-refractivity contribution in [1.82, 2.24) is 15.1 Å². The minimum Gasteiger partial charge on any atom is -0.351 e. The maximum atomic E-state index is 10.9. The Kier molecular flexibility index (Phi) is 2.35. The summed E-state index contributed by atoms with van der Waals surface area (Å²) in [5.41, 5.74) is 0. The monoisotopic (exact) mass is 243 g/mol. The maximum Gasteiger partial charge on any atom is 0.220 e. The van der Waals surface area contributed by atoms with Gasteiger partial charge in [0.25, 0.3) is 0 Å². The predicted octanol–water partition coefficient (Wildman–Crippen LogP) is 0.924. The number of carbonyl (C=O) groups is 1. The fourth-order valence-corrected chi connectivity index (χ4v) is 1.81. The number of rotatable bonds is 2. The van der Waals surface area contributed by atoms with Gasteiger partial charge in [0.05, 0.1) is 17.2 Å². The molecule has 2 heterocycles. The molecule has 5 heteroatoms. The van der Waals surface area contributed by atoms with Crippen molar-refractivity contribution >= 4 is 21.8 Å². The van der Waals surface area contributed by atoms with Gasteiger partial charge in [0.1, 0.15) is 0 Å². The van der Waals surface area contributed by atoms with E-state index in [1.165, 1.54) is 0 Å². The number of halogens is 1. The molecule has 0 spiro atoms. The molecule has 0 saturated carbocycles. The van der Waals surface area contributed by atoms with Crippen molar-refractivity contribution in [3.8, 4) is 0 Å². The normalized spacial score (nSPS) is 21.9. The first kappa shape index (κ1) is 8.74. The molecule has 1 aromatic rings. The summed E-state index contributed by atoms with van der Waals surface area (Å²) in [5, 5.41) is 7.02. The number of amides is 1. The van der Waals surface area contributed by atoms with Gasteiger partial charge < -0.3 is 5.32 Å². The van der Waals surface area contributed by atoms with E-state index in [0.29, 0.717) is 6.42 Å². The van der Waals surface area contributed by atoms with Crippen LogP contribution in [0.2, 0.25) is 0 Å². The van der Waals surface area contributed by atoms with Crippen molar-refractivity contribution in [2.45, 2.75) is 25.4 Å². The number of hydrogen-bond acceptors (Lipinski definition) is 2. The molecule has 0 radical (unpaired) electrons. The fourth-order valence-electron chi connectivity index (χ4n) is 1.48. The van der Waals surface area contributed by atoms with Gasteiger partial charge in [0.15, 0.2) is 0 Å². The standard InChI is InChI=1S/C8H10BrN3O/c9-6-3-10-12(4-6)5-7-1-2-8(13)11-7/h3-4,7H,1-2,5H2,(H,11,13)/t7-/m1/s1. The van der Waals surface area contributed by atoms with Crippen LogP contribution in [0, 0.1) is 0 Å². The molecule has 1 aromatic heterocycles. The molecule has 1 N–H and O–H groups in total. The second-order valence-corrected chi connectivity index (χ2v) is 4.10. The van der Waals surface area contributed by atoms with E-state index >= 15 is 0 Å². The Balaban J connectivity index is 1.95. The SMILES string of the molecule is O=C1CC[C@H](Cn2cc(Br)cn2)N1. The van der Waals surface area contributed by atoms with Crippen LogP contribution >= 0.6 is 15.9 Å². The minimum atomic E-state index is 0.149. The summed E-state index contributed by atoms with van der Waals surface area (Å²) >= 11 is 3.32. The van der Waals surface area contributed by atoms with Crippen molar-refractivity contribution < 1.29 is 4.79 Å². The Morgan fingerprint density at radius 2 is 2.62 bits per heavy atom. The molecule has 1 fully saturated rings. The number of hydrogen-bond donors (Lipinski definition) is 1. The number of carbonyl (C=O) groups excluding carboxylic acids is 1. The first-order chi connectivity index (χ1) is 6.24. The fraction of sp³-hybridized carbons (Fsp3) is 0.500.